The van der Waals surface area contributed by atoms with Gasteiger partial charge < -0.3 is 9.88 Å². The molecule has 0 aliphatic heterocycles. The summed E-state index contributed by atoms with van der Waals surface area (Å²) in [5, 5.41) is 3.73. The van der Waals surface area contributed by atoms with Crippen molar-refractivity contribution < 1.29 is 13.2 Å². The molecule has 1 N–H and O–H groups in total. The molecule has 2 aromatic heterocycles. The molecule has 2 aromatic carbocycles. The standard InChI is InChI=1S/C27H29F3N4O2/c1-5-21-23-22(25(35)32(4)26(36)34(23)15-17(2)3)24(31-20-9-7-6-8-10-20)33(21)16-18-11-13-19(14-12-18)27(28,29)30/h6-14,17,31H,5,15-16H2,1-4H3. The maximum absolute atomic E-state index is 13.5. The summed E-state index contributed by atoms with van der Waals surface area (Å²) < 4.78 is 43.9. The smallest absolute Gasteiger partial charge is 0.341 e. The Morgan fingerprint density at radius 3 is 2.14 bits per heavy atom. The molecule has 0 saturated carbocycles. The lowest BCUT2D eigenvalue weighted by Gasteiger charge is -2.15. The summed E-state index contributed by atoms with van der Waals surface area (Å²) in [5.74, 6) is 0.656. The van der Waals surface area contributed by atoms with E-state index >= 15 is 0 Å². The Morgan fingerprint density at radius 2 is 1.58 bits per heavy atom. The molecule has 0 aliphatic carbocycles. The fourth-order valence-corrected chi connectivity index (χ4v) is 4.52. The van der Waals surface area contributed by atoms with Crippen LogP contribution in [0, 0.1) is 5.92 Å². The maximum Gasteiger partial charge on any atom is 0.416 e. The van der Waals surface area contributed by atoms with Crippen LogP contribution in [-0.2, 0) is 32.7 Å². The first-order valence-electron chi connectivity index (χ1n) is 11.9. The minimum atomic E-state index is -4.42. The summed E-state index contributed by atoms with van der Waals surface area (Å²) in [5.41, 5.74) is 1.18. The van der Waals surface area contributed by atoms with E-state index in [0.29, 0.717) is 35.2 Å². The van der Waals surface area contributed by atoms with Crippen LogP contribution in [-0.4, -0.2) is 13.7 Å². The van der Waals surface area contributed by atoms with Crippen molar-refractivity contribution in [3.8, 4) is 0 Å². The lowest BCUT2D eigenvalue weighted by Crippen LogP contribution is -2.38. The SMILES string of the molecule is CCc1c2c(c(Nc3ccccc3)n1Cc1ccc(C(F)(F)F)cc1)c(=O)n(C)c(=O)n2CC(C)C. The van der Waals surface area contributed by atoms with E-state index in [9.17, 15) is 22.8 Å². The van der Waals surface area contributed by atoms with E-state index in [1.54, 1.807) is 4.57 Å². The molecule has 0 fully saturated rings. The zero-order valence-electron chi connectivity index (χ0n) is 20.7. The average Bonchev–Trinajstić information content (AvgIpc) is 3.13. The van der Waals surface area contributed by atoms with Gasteiger partial charge in [0.25, 0.3) is 5.56 Å². The molecular weight excluding hydrogens is 469 g/mol. The summed E-state index contributed by atoms with van der Waals surface area (Å²) >= 11 is 0. The molecule has 36 heavy (non-hydrogen) atoms. The van der Waals surface area contributed by atoms with Gasteiger partial charge in [-0.1, -0.05) is 51.1 Å². The van der Waals surface area contributed by atoms with Crippen molar-refractivity contribution in [3.05, 3.63) is 92.3 Å². The van der Waals surface area contributed by atoms with E-state index in [-0.39, 0.29) is 12.5 Å². The molecule has 0 aliphatic rings. The van der Waals surface area contributed by atoms with E-state index in [4.69, 9.17) is 0 Å². The Bertz CT molecular complexity index is 1500. The largest absolute Gasteiger partial charge is 0.416 e. The number of nitrogens with zero attached hydrogens (tertiary/aromatic N) is 3. The summed E-state index contributed by atoms with van der Waals surface area (Å²) in [6, 6.07) is 14.3. The van der Waals surface area contributed by atoms with Gasteiger partial charge in [-0.15, -0.1) is 0 Å². The van der Waals surface area contributed by atoms with Crippen LogP contribution in [0.25, 0.3) is 10.9 Å². The zero-order chi connectivity index (χ0) is 26.2. The van der Waals surface area contributed by atoms with Crippen LogP contribution >= 0.6 is 0 Å². The van der Waals surface area contributed by atoms with Gasteiger partial charge in [0.2, 0.25) is 0 Å². The van der Waals surface area contributed by atoms with Gasteiger partial charge in [-0.2, -0.15) is 13.2 Å². The predicted molar refractivity (Wildman–Crippen MR) is 136 cm³/mol. The second-order valence-corrected chi connectivity index (χ2v) is 9.30. The van der Waals surface area contributed by atoms with Gasteiger partial charge >= 0.3 is 11.9 Å². The molecule has 4 rings (SSSR count). The van der Waals surface area contributed by atoms with Crippen LogP contribution < -0.4 is 16.6 Å². The summed E-state index contributed by atoms with van der Waals surface area (Å²) in [4.78, 5) is 26.6. The molecule has 0 saturated heterocycles. The van der Waals surface area contributed by atoms with Crippen molar-refractivity contribution in [1.82, 2.24) is 13.7 Å². The number of nitrogens with one attached hydrogen (secondary N) is 1. The Balaban J connectivity index is 2.01. The molecule has 4 aromatic rings. The highest BCUT2D eigenvalue weighted by Gasteiger charge is 2.30. The van der Waals surface area contributed by atoms with E-state index in [1.165, 1.54) is 19.2 Å². The highest BCUT2D eigenvalue weighted by atomic mass is 19.4. The molecule has 0 radical (unpaired) electrons. The minimum Gasteiger partial charge on any atom is -0.341 e. The fourth-order valence-electron chi connectivity index (χ4n) is 4.52. The number of aryl methyl sites for hydroxylation is 1. The van der Waals surface area contributed by atoms with Crippen molar-refractivity contribution in [3.63, 3.8) is 0 Å². The van der Waals surface area contributed by atoms with Crippen molar-refractivity contribution >= 4 is 22.4 Å². The normalized spacial score (nSPS) is 12.0. The van der Waals surface area contributed by atoms with Crippen LogP contribution in [0.5, 0.6) is 0 Å². The van der Waals surface area contributed by atoms with E-state index in [0.717, 1.165) is 28.1 Å². The number of hydrogen-bond acceptors (Lipinski definition) is 3. The second kappa shape index (κ2) is 9.72. The quantitative estimate of drug-likeness (QED) is 0.365. The number of benzene rings is 2. The van der Waals surface area contributed by atoms with Gasteiger partial charge in [-0.25, -0.2) is 4.79 Å². The van der Waals surface area contributed by atoms with Crippen LogP contribution in [0.4, 0.5) is 24.7 Å². The first-order valence-corrected chi connectivity index (χ1v) is 11.9. The molecule has 190 valence electrons. The van der Waals surface area contributed by atoms with Crippen LogP contribution in [0.3, 0.4) is 0 Å². The van der Waals surface area contributed by atoms with Gasteiger partial charge in [0.05, 0.1) is 11.1 Å². The van der Waals surface area contributed by atoms with Gasteiger partial charge in [-0.05, 0) is 42.2 Å². The monoisotopic (exact) mass is 498 g/mol. The molecule has 9 heteroatoms. The van der Waals surface area contributed by atoms with Crippen molar-refractivity contribution in [2.75, 3.05) is 5.32 Å². The van der Waals surface area contributed by atoms with Gasteiger partial charge in [0.1, 0.15) is 11.2 Å². The molecule has 2 heterocycles. The van der Waals surface area contributed by atoms with Gasteiger partial charge in [0.15, 0.2) is 0 Å². The van der Waals surface area contributed by atoms with Gasteiger partial charge in [0, 0.05) is 31.5 Å². The Labute approximate surface area is 206 Å². The Hall–Kier alpha value is -3.75. The predicted octanol–water partition coefficient (Wildman–Crippen LogP) is 5.53. The molecular formula is C27H29F3N4O2. The first kappa shape index (κ1) is 25.3. The highest BCUT2D eigenvalue weighted by Crippen LogP contribution is 2.33. The lowest BCUT2D eigenvalue weighted by molar-refractivity contribution is -0.137. The Kier molecular flexibility index (Phi) is 6.84. The molecule has 0 unspecified atom stereocenters. The zero-order valence-corrected chi connectivity index (χ0v) is 20.7. The topological polar surface area (TPSA) is 61.0 Å². The third kappa shape index (κ3) is 4.69. The molecule has 0 spiro atoms. The summed E-state index contributed by atoms with van der Waals surface area (Å²) in [6.07, 6.45) is -3.91. The Morgan fingerprint density at radius 1 is 0.944 bits per heavy atom. The number of halogens is 3. The van der Waals surface area contributed by atoms with E-state index in [2.05, 4.69) is 5.32 Å². The third-order valence-electron chi connectivity index (χ3n) is 6.19. The van der Waals surface area contributed by atoms with Gasteiger partial charge in [-0.3, -0.25) is 13.9 Å². The average molecular weight is 499 g/mol. The third-order valence-corrected chi connectivity index (χ3v) is 6.19. The van der Waals surface area contributed by atoms with Crippen molar-refractivity contribution in [2.24, 2.45) is 13.0 Å². The van der Waals surface area contributed by atoms with Crippen LogP contribution in [0.1, 0.15) is 37.6 Å². The summed E-state index contributed by atoms with van der Waals surface area (Å²) in [7, 11) is 1.46. The molecule has 0 atom stereocenters. The number of alkyl halides is 3. The number of hydrogen-bond donors (Lipinski definition) is 1. The highest BCUT2D eigenvalue weighted by molar-refractivity contribution is 5.95. The maximum atomic E-state index is 13.5. The fraction of sp³-hybridized carbons (Fsp3) is 0.333. The molecule has 0 amide bonds. The first-order chi connectivity index (χ1) is 17.0. The number of para-hydroxylation sites is 1. The lowest BCUT2D eigenvalue weighted by atomic mass is 10.1. The molecule has 0 bridgehead atoms. The van der Waals surface area contributed by atoms with Crippen molar-refractivity contribution in [1.29, 1.82) is 0 Å². The second-order valence-electron chi connectivity index (χ2n) is 9.30. The minimum absolute atomic E-state index is 0.150. The van der Waals surface area contributed by atoms with E-state index in [1.807, 2.05) is 55.7 Å². The summed E-state index contributed by atoms with van der Waals surface area (Å²) in [6.45, 7) is 6.58. The van der Waals surface area contributed by atoms with Crippen LogP contribution in [0.15, 0.2) is 64.2 Å². The number of rotatable bonds is 7. The molecule has 6 nitrogen and oxygen atoms in total. The van der Waals surface area contributed by atoms with Crippen molar-refractivity contribution in [2.45, 2.75) is 46.5 Å². The number of anilines is 2. The van der Waals surface area contributed by atoms with E-state index < -0.39 is 23.0 Å². The number of aromatic nitrogens is 3. The van der Waals surface area contributed by atoms with Crippen LogP contribution in [0.2, 0.25) is 0 Å². The number of fused-ring (bicyclic) bond motifs is 1.